The van der Waals surface area contributed by atoms with E-state index in [1.807, 2.05) is 13.8 Å². The van der Waals surface area contributed by atoms with Gasteiger partial charge in [0.05, 0.1) is 6.42 Å². The van der Waals surface area contributed by atoms with Gasteiger partial charge in [0.15, 0.2) is 0 Å². The van der Waals surface area contributed by atoms with Gasteiger partial charge >= 0.3 is 6.09 Å². The fraction of sp³-hybridized carbons (Fsp3) is 0.583. The Balaban J connectivity index is 3.36. The summed E-state index contributed by atoms with van der Waals surface area (Å²) in [4.78, 5) is 52.1. The standard InChI is InChI=1S/C24H38N4O6/c1-7-10-15(3)26-21(31)20(16-11-9-12-17(29)13-16)28(8-2)22(32)18(14-19(25)30)27-23(33)34-24(4,5)6/h9,11-13,15,18,20,29H,7-8,10,14H2,1-6H3,(H2,25,30)(H,26,31)(H,27,33). The van der Waals surface area contributed by atoms with Crippen LogP contribution in [0.4, 0.5) is 4.79 Å². The predicted molar refractivity (Wildman–Crippen MR) is 128 cm³/mol. The van der Waals surface area contributed by atoms with Crippen molar-refractivity contribution < 1.29 is 29.0 Å². The van der Waals surface area contributed by atoms with Gasteiger partial charge in [0.25, 0.3) is 0 Å². The molecule has 3 atom stereocenters. The van der Waals surface area contributed by atoms with E-state index in [0.717, 1.165) is 12.8 Å². The van der Waals surface area contributed by atoms with E-state index in [9.17, 15) is 24.3 Å². The van der Waals surface area contributed by atoms with Crippen LogP contribution in [0, 0.1) is 0 Å². The third-order valence-electron chi connectivity index (χ3n) is 4.87. The van der Waals surface area contributed by atoms with Gasteiger partial charge in [-0.05, 0) is 58.7 Å². The van der Waals surface area contributed by atoms with E-state index in [1.165, 1.54) is 17.0 Å². The maximum absolute atomic E-state index is 13.5. The van der Waals surface area contributed by atoms with Crippen molar-refractivity contribution in [3.05, 3.63) is 29.8 Å². The van der Waals surface area contributed by atoms with Crippen LogP contribution in [0.5, 0.6) is 5.75 Å². The number of aromatic hydroxyl groups is 1. The van der Waals surface area contributed by atoms with Crippen LogP contribution in [0.2, 0.25) is 0 Å². The Bertz CT molecular complexity index is 867. The van der Waals surface area contributed by atoms with E-state index < -0.39 is 47.9 Å². The van der Waals surface area contributed by atoms with Crippen LogP contribution in [0.3, 0.4) is 0 Å². The number of rotatable bonds is 11. The second-order valence-corrected chi connectivity index (χ2v) is 9.19. The number of hydrogen-bond acceptors (Lipinski definition) is 6. The Kier molecular flexibility index (Phi) is 10.8. The van der Waals surface area contributed by atoms with Gasteiger partial charge in [-0.15, -0.1) is 0 Å². The van der Waals surface area contributed by atoms with Crippen molar-refractivity contribution >= 4 is 23.8 Å². The average Bonchev–Trinajstić information content (AvgIpc) is 2.69. The summed E-state index contributed by atoms with van der Waals surface area (Å²) < 4.78 is 5.22. The van der Waals surface area contributed by atoms with Crippen molar-refractivity contribution in [2.45, 2.75) is 84.5 Å². The van der Waals surface area contributed by atoms with Gasteiger partial charge in [-0.2, -0.15) is 0 Å². The lowest BCUT2D eigenvalue weighted by Crippen LogP contribution is -2.54. The summed E-state index contributed by atoms with van der Waals surface area (Å²) in [6.07, 6.45) is 0.228. The SMILES string of the molecule is CCCC(C)NC(=O)C(c1cccc(O)c1)N(CC)C(=O)C(CC(N)=O)NC(=O)OC(C)(C)C. The lowest BCUT2D eigenvalue weighted by molar-refractivity contribution is -0.143. The van der Waals surface area contributed by atoms with Crippen molar-refractivity contribution in [2.24, 2.45) is 5.73 Å². The summed E-state index contributed by atoms with van der Waals surface area (Å²) in [6.45, 7) is 10.6. The first kappa shape index (κ1) is 28.7. The highest BCUT2D eigenvalue weighted by Gasteiger charge is 2.36. The zero-order chi connectivity index (χ0) is 26.1. The van der Waals surface area contributed by atoms with Crippen molar-refractivity contribution in [1.82, 2.24) is 15.5 Å². The summed E-state index contributed by atoms with van der Waals surface area (Å²) in [5.41, 5.74) is 4.88. The van der Waals surface area contributed by atoms with Gasteiger partial charge in [0.2, 0.25) is 17.7 Å². The van der Waals surface area contributed by atoms with Gasteiger partial charge in [0, 0.05) is 12.6 Å². The number of ether oxygens (including phenoxy) is 1. The number of carbonyl (C=O) groups is 4. The quantitative estimate of drug-likeness (QED) is 0.383. The molecule has 1 aromatic carbocycles. The van der Waals surface area contributed by atoms with Crippen molar-refractivity contribution in [3.8, 4) is 5.75 Å². The number of phenols is 1. The lowest BCUT2D eigenvalue weighted by Gasteiger charge is -2.34. The van der Waals surface area contributed by atoms with Crippen LogP contribution >= 0.6 is 0 Å². The first-order chi connectivity index (χ1) is 15.8. The molecule has 0 fully saturated rings. The monoisotopic (exact) mass is 478 g/mol. The molecule has 3 unspecified atom stereocenters. The van der Waals surface area contributed by atoms with Crippen LogP contribution in [0.25, 0.3) is 0 Å². The minimum absolute atomic E-state index is 0.0685. The molecule has 1 rings (SSSR count). The van der Waals surface area contributed by atoms with Crippen molar-refractivity contribution in [3.63, 3.8) is 0 Å². The number of amides is 4. The molecule has 0 saturated heterocycles. The highest BCUT2D eigenvalue weighted by Crippen LogP contribution is 2.26. The van der Waals surface area contributed by atoms with Crippen LogP contribution in [0.15, 0.2) is 24.3 Å². The van der Waals surface area contributed by atoms with Gasteiger partial charge in [-0.1, -0.05) is 25.5 Å². The number of carbonyl (C=O) groups excluding carboxylic acids is 4. The Labute approximate surface area is 201 Å². The minimum Gasteiger partial charge on any atom is -0.508 e. The second-order valence-electron chi connectivity index (χ2n) is 9.19. The highest BCUT2D eigenvalue weighted by molar-refractivity contribution is 5.94. The lowest BCUT2D eigenvalue weighted by atomic mass is 10.0. The number of alkyl carbamates (subject to hydrolysis) is 1. The van der Waals surface area contributed by atoms with Crippen LogP contribution < -0.4 is 16.4 Å². The molecule has 0 radical (unpaired) electrons. The molecule has 190 valence electrons. The van der Waals surface area contributed by atoms with E-state index >= 15 is 0 Å². The minimum atomic E-state index is -1.34. The number of phenolic OH excluding ortho intramolecular Hbond substituents is 1. The number of hydrogen-bond donors (Lipinski definition) is 4. The molecule has 0 aliphatic heterocycles. The first-order valence-electron chi connectivity index (χ1n) is 11.5. The van der Waals surface area contributed by atoms with Crippen LogP contribution in [0.1, 0.15) is 72.4 Å². The number of benzene rings is 1. The van der Waals surface area contributed by atoms with E-state index in [4.69, 9.17) is 10.5 Å². The molecule has 0 heterocycles. The Morgan fingerprint density at radius 2 is 1.79 bits per heavy atom. The molecule has 0 saturated carbocycles. The molecule has 0 aliphatic rings. The Hall–Kier alpha value is -3.30. The average molecular weight is 479 g/mol. The van der Waals surface area contributed by atoms with E-state index in [0.29, 0.717) is 5.56 Å². The molecule has 0 aromatic heterocycles. The third-order valence-corrected chi connectivity index (χ3v) is 4.87. The van der Waals surface area contributed by atoms with Crippen LogP contribution in [-0.2, 0) is 19.1 Å². The molecular weight excluding hydrogens is 440 g/mol. The maximum atomic E-state index is 13.5. The van der Waals surface area contributed by atoms with E-state index in [1.54, 1.807) is 39.8 Å². The Morgan fingerprint density at radius 1 is 1.15 bits per heavy atom. The molecule has 4 amide bonds. The molecule has 1 aromatic rings. The molecular formula is C24H38N4O6. The normalized spacial score (nSPS) is 13.8. The van der Waals surface area contributed by atoms with Gasteiger partial charge in [-0.3, -0.25) is 14.4 Å². The largest absolute Gasteiger partial charge is 0.508 e. The summed E-state index contributed by atoms with van der Waals surface area (Å²) in [7, 11) is 0. The summed E-state index contributed by atoms with van der Waals surface area (Å²) in [6, 6.07) is 3.44. The zero-order valence-electron chi connectivity index (χ0n) is 20.9. The molecule has 0 bridgehead atoms. The molecule has 34 heavy (non-hydrogen) atoms. The fourth-order valence-electron chi connectivity index (χ4n) is 3.51. The number of nitrogens with two attached hydrogens (primary N) is 1. The van der Waals surface area contributed by atoms with E-state index in [-0.39, 0.29) is 18.3 Å². The van der Waals surface area contributed by atoms with Gasteiger partial charge in [-0.25, -0.2) is 4.79 Å². The number of primary amides is 1. The summed E-state index contributed by atoms with van der Waals surface area (Å²) in [5.74, 6) is -2.00. The molecule has 0 spiro atoms. The van der Waals surface area contributed by atoms with Crippen LogP contribution in [-0.4, -0.2) is 58.1 Å². The second kappa shape index (κ2) is 12.8. The molecule has 5 N–H and O–H groups in total. The topological polar surface area (TPSA) is 151 Å². The number of likely N-dealkylation sites (N-methyl/N-ethyl adjacent to an activating group) is 1. The number of nitrogens with zero attached hydrogens (tertiary/aromatic N) is 1. The molecule has 10 heteroatoms. The highest BCUT2D eigenvalue weighted by atomic mass is 16.6. The summed E-state index contributed by atoms with van der Waals surface area (Å²) in [5, 5.41) is 15.3. The van der Waals surface area contributed by atoms with Gasteiger partial charge in [0.1, 0.15) is 23.4 Å². The first-order valence-corrected chi connectivity index (χ1v) is 11.5. The molecule has 0 aliphatic carbocycles. The van der Waals surface area contributed by atoms with Gasteiger partial charge < -0.3 is 31.1 Å². The number of nitrogens with one attached hydrogen (secondary N) is 2. The summed E-state index contributed by atoms with van der Waals surface area (Å²) >= 11 is 0. The maximum Gasteiger partial charge on any atom is 0.408 e. The predicted octanol–water partition coefficient (Wildman–Crippen LogP) is 2.36. The zero-order valence-corrected chi connectivity index (χ0v) is 20.9. The van der Waals surface area contributed by atoms with Crippen molar-refractivity contribution in [2.75, 3.05) is 6.54 Å². The smallest absolute Gasteiger partial charge is 0.408 e. The fourth-order valence-corrected chi connectivity index (χ4v) is 3.51. The molecule has 10 nitrogen and oxygen atoms in total. The van der Waals surface area contributed by atoms with Crippen molar-refractivity contribution in [1.29, 1.82) is 0 Å². The van der Waals surface area contributed by atoms with E-state index in [2.05, 4.69) is 10.6 Å². The Morgan fingerprint density at radius 3 is 2.29 bits per heavy atom. The third kappa shape index (κ3) is 9.29.